The molecule has 10 heteroatoms. The standard InChI is InChI=1S/C21H21N7OS2/c1-12-9-15(23-20(29)26-19-5-4-8-30-19)6-7-16(12)31-21-22-13(2)10-17(25-21)24-18-11-14(3)27-28-18/h4-11H,1-3H3,(H2,23,26,29)(H2,22,24,25,27,28). The van der Waals surface area contributed by atoms with Crippen molar-refractivity contribution in [2.75, 3.05) is 16.0 Å². The molecule has 4 rings (SSSR count). The summed E-state index contributed by atoms with van der Waals surface area (Å²) < 4.78 is 0. The topological polar surface area (TPSA) is 108 Å². The number of amides is 2. The van der Waals surface area contributed by atoms with E-state index >= 15 is 0 Å². The number of aromatic amines is 1. The van der Waals surface area contributed by atoms with E-state index in [0.29, 0.717) is 11.0 Å². The Bertz CT molecular complexity index is 1200. The van der Waals surface area contributed by atoms with E-state index in [4.69, 9.17) is 0 Å². The van der Waals surface area contributed by atoms with E-state index in [9.17, 15) is 4.79 Å². The van der Waals surface area contributed by atoms with Gasteiger partial charge in [-0.05, 0) is 73.8 Å². The molecule has 0 aliphatic rings. The summed E-state index contributed by atoms with van der Waals surface area (Å²) in [6.45, 7) is 5.84. The maximum absolute atomic E-state index is 12.1. The van der Waals surface area contributed by atoms with Gasteiger partial charge in [0.2, 0.25) is 0 Å². The van der Waals surface area contributed by atoms with Crippen molar-refractivity contribution in [1.82, 2.24) is 20.2 Å². The van der Waals surface area contributed by atoms with Gasteiger partial charge < -0.3 is 10.6 Å². The molecular weight excluding hydrogens is 430 g/mol. The number of thiophene rings is 1. The normalized spacial score (nSPS) is 10.7. The first-order valence-electron chi connectivity index (χ1n) is 9.49. The molecule has 0 fully saturated rings. The first kappa shape index (κ1) is 20.9. The lowest BCUT2D eigenvalue weighted by Gasteiger charge is -2.11. The van der Waals surface area contributed by atoms with Gasteiger partial charge in [-0.2, -0.15) is 5.10 Å². The van der Waals surface area contributed by atoms with Crippen LogP contribution in [0.25, 0.3) is 0 Å². The molecule has 31 heavy (non-hydrogen) atoms. The van der Waals surface area contributed by atoms with E-state index in [1.165, 1.54) is 23.1 Å². The van der Waals surface area contributed by atoms with Crippen LogP contribution in [-0.4, -0.2) is 26.2 Å². The first-order chi connectivity index (χ1) is 14.9. The minimum Gasteiger partial charge on any atom is -0.325 e. The smallest absolute Gasteiger partial charge is 0.324 e. The summed E-state index contributed by atoms with van der Waals surface area (Å²) in [4.78, 5) is 22.3. The molecule has 0 atom stereocenters. The van der Waals surface area contributed by atoms with Crippen LogP contribution < -0.4 is 16.0 Å². The number of H-pyrrole nitrogens is 1. The summed E-state index contributed by atoms with van der Waals surface area (Å²) in [5, 5.41) is 19.3. The van der Waals surface area contributed by atoms with Crippen LogP contribution in [0, 0.1) is 20.8 Å². The number of aromatic nitrogens is 4. The Morgan fingerprint density at radius 3 is 2.61 bits per heavy atom. The molecule has 0 radical (unpaired) electrons. The number of hydrogen-bond acceptors (Lipinski definition) is 7. The van der Waals surface area contributed by atoms with Gasteiger partial charge in [0.25, 0.3) is 0 Å². The number of rotatable bonds is 6. The molecule has 4 N–H and O–H groups in total. The van der Waals surface area contributed by atoms with Crippen LogP contribution in [0.5, 0.6) is 0 Å². The van der Waals surface area contributed by atoms with Gasteiger partial charge in [0.05, 0.1) is 10.7 Å². The van der Waals surface area contributed by atoms with Crippen LogP contribution in [0.2, 0.25) is 0 Å². The number of carbonyl (C=O) groups is 1. The zero-order chi connectivity index (χ0) is 21.8. The van der Waals surface area contributed by atoms with Gasteiger partial charge in [0, 0.05) is 28.4 Å². The van der Waals surface area contributed by atoms with Crippen LogP contribution >= 0.6 is 23.1 Å². The molecule has 0 aliphatic heterocycles. The van der Waals surface area contributed by atoms with Crippen molar-refractivity contribution in [3.8, 4) is 0 Å². The number of nitrogens with zero attached hydrogens (tertiary/aromatic N) is 3. The third kappa shape index (κ3) is 5.62. The lowest BCUT2D eigenvalue weighted by molar-refractivity contribution is 0.262. The molecule has 0 unspecified atom stereocenters. The molecule has 3 heterocycles. The lowest BCUT2D eigenvalue weighted by atomic mass is 10.2. The second-order valence-electron chi connectivity index (χ2n) is 6.86. The van der Waals surface area contributed by atoms with Gasteiger partial charge in [-0.1, -0.05) is 0 Å². The Labute approximate surface area is 187 Å². The third-order valence-corrected chi connectivity index (χ3v) is 6.02. The first-order valence-corrected chi connectivity index (χ1v) is 11.2. The minimum atomic E-state index is -0.269. The Morgan fingerprint density at radius 2 is 1.90 bits per heavy atom. The van der Waals surface area contributed by atoms with Gasteiger partial charge in [-0.25, -0.2) is 14.8 Å². The van der Waals surface area contributed by atoms with Gasteiger partial charge in [0.15, 0.2) is 5.16 Å². The van der Waals surface area contributed by atoms with Crippen molar-refractivity contribution in [3.05, 3.63) is 64.8 Å². The number of anilines is 4. The third-order valence-electron chi connectivity index (χ3n) is 4.19. The highest BCUT2D eigenvalue weighted by Gasteiger charge is 2.10. The molecule has 0 spiro atoms. The summed E-state index contributed by atoms with van der Waals surface area (Å²) in [5.41, 5.74) is 3.49. The fourth-order valence-corrected chi connectivity index (χ4v) is 4.34. The average Bonchev–Trinajstić information content (AvgIpc) is 3.35. The molecule has 3 aromatic heterocycles. The number of benzene rings is 1. The van der Waals surface area contributed by atoms with E-state index in [1.807, 2.05) is 68.6 Å². The van der Waals surface area contributed by atoms with Crippen molar-refractivity contribution in [3.63, 3.8) is 0 Å². The summed E-state index contributed by atoms with van der Waals surface area (Å²) in [5.74, 6) is 1.47. The predicted octanol–water partition coefficient (Wildman–Crippen LogP) is 5.73. The summed E-state index contributed by atoms with van der Waals surface area (Å²) in [7, 11) is 0. The highest BCUT2D eigenvalue weighted by Crippen LogP contribution is 2.31. The van der Waals surface area contributed by atoms with E-state index in [2.05, 4.69) is 36.1 Å². The summed E-state index contributed by atoms with van der Waals surface area (Å²) >= 11 is 2.95. The molecular formula is C21H21N7OS2. The minimum absolute atomic E-state index is 0.269. The summed E-state index contributed by atoms with van der Waals surface area (Å²) in [6, 6.07) is 13.0. The quantitative estimate of drug-likeness (QED) is 0.279. The number of urea groups is 1. The largest absolute Gasteiger partial charge is 0.325 e. The van der Waals surface area contributed by atoms with Crippen molar-refractivity contribution in [2.45, 2.75) is 30.8 Å². The van der Waals surface area contributed by atoms with E-state index < -0.39 is 0 Å². The molecule has 0 saturated carbocycles. The second kappa shape index (κ2) is 9.19. The average molecular weight is 452 g/mol. The van der Waals surface area contributed by atoms with Crippen molar-refractivity contribution >= 4 is 51.5 Å². The number of carbonyl (C=O) groups excluding carboxylic acids is 1. The maximum Gasteiger partial charge on any atom is 0.324 e. The maximum atomic E-state index is 12.1. The summed E-state index contributed by atoms with van der Waals surface area (Å²) in [6.07, 6.45) is 0. The highest BCUT2D eigenvalue weighted by atomic mass is 32.2. The van der Waals surface area contributed by atoms with Crippen LogP contribution in [0.1, 0.15) is 17.0 Å². The van der Waals surface area contributed by atoms with E-state index in [-0.39, 0.29) is 6.03 Å². The number of aryl methyl sites for hydroxylation is 3. The molecule has 1 aromatic carbocycles. The SMILES string of the molecule is Cc1cc(Nc2cc(C)nc(Sc3ccc(NC(=O)Nc4cccs4)cc3C)n2)[nH]n1. The number of hydrogen-bond donors (Lipinski definition) is 4. The van der Waals surface area contributed by atoms with Gasteiger partial charge in [0.1, 0.15) is 11.6 Å². The highest BCUT2D eigenvalue weighted by molar-refractivity contribution is 7.99. The zero-order valence-electron chi connectivity index (χ0n) is 17.2. The second-order valence-corrected chi connectivity index (χ2v) is 8.82. The molecule has 0 bridgehead atoms. The fourth-order valence-electron chi connectivity index (χ4n) is 2.84. The molecule has 158 valence electrons. The fraction of sp³-hybridized carbons (Fsp3) is 0.143. The van der Waals surface area contributed by atoms with Crippen LogP contribution in [0.4, 0.5) is 27.1 Å². The van der Waals surface area contributed by atoms with Crippen molar-refractivity contribution in [1.29, 1.82) is 0 Å². The Balaban J connectivity index is 1.44. The van der Waals surface area contributed by atoms with E-state index in [0.717, 1.165) is 38.4 Å². The Kier molecular flexibility index (Phi) is 6.19. The molecule has 4 aromatic rings. The zero-order valence-corrected chi connectivity index (χ0v) is 18.8. The predicted molar refractivity (Wildman–Crippen MR) is 126 cm³/mol. The molecule has 2 amide bonds. The van der Waals surface area contributed by atoms with Gasteiger partial charge in [-0.15, -0.1) is 11.3 Å². The van der Waals surface area contributed by atoms with Crippen molar-refractivity contribution in [2.24, 2.45) is 0 Å². The molecule has 0 aliphatic carbocycles. The number of nitrogens with one attached hydrogen (secondary N) is 4. The monoisotopic (exact) mass is 451 g/mol. The van der Waals surface area contributed by atoms with E-state index in [1.54, 1.807) is 0 Å². The van der Waals surface area contributed by atoms with Crippen LogP contribution in [0.15, 0.2) is 57.9 Å². The molecule has 8 nitrogen and oxygen atoms in total. The van der Waals surface area contributed by atoms with Crippen LogP contribution in [-0.2, 0) is 0 Å². The molecule has 0 saturated heterocycles. The van der Waals surface area contributed by atoms with Crippen LogP contribution in [0.3, 0.4) is 0 Å². The van der Waals surface area contributed by atoms with Gasteiger partial charge >= 0.3 is 6.03 Å². The van der Waals surface area contributed by atoms with Crippen molar-refractivity contribution < 1.29 is 4.79 Å². The lowest BCUT2D eigenvalue weighted by Crippen LogP contribution is -2.18. The Morgan fingerprint density at radius 1 is 1.03 bits per heavy atom. The van der Waals surface area contributed by atoms with Gasteiger partial charge in [-0.3, -0.25) is 10.4 Å². The Hall–Kier alpha value is -3.37.